The minimum atomic E-state index is -0.588. The van der Waals surface area contributed by atoms with E-state index >= 15 is 0 Å². The van der Waals surface area contributed by atoms with E-state index in [0.717, 1.165) is 76.0 Å². The zero-order chi connectivity index (χ0) is 26.4. The van der Waals surface area contributed by atoms with Gasteiger partial charge in [0.2, 0.25) is 11.8 Å². The highest BCUT2D eigenvalue weighted by molar-refractivity contribution is 6.05. The van der Waals surface area contributed by atoms with Crippen LogP contribution in [0.5, 0.6) is 0 Å². The number of fused-ring (bicyclic) bond motifs is 1. The summed E-state index contributed by atoms with van der Waals surface area (Å²) in [4.78, 5) is 54.3. The Balaban J connectivity index is 0.981. The van der Waals surface area contributed by atoms with Gasteiger partial charge in [-0.2, -0.15) is 0 Å². The predicted molar refractivity (Wildman–Crippen MR) is 137 cm³/mol. The molecule has 1 aromatic rings. The van der Waals surface area contributed by atoms with Crippen LogP contribution in [-0.2, 0) is 25.6 Å². The predicted octanol–water partition coefficient (Wildman–Crippen LogP) is 2.44. The molecule has 1 aliphatic carbocycles. The molecule has 4 aliphatic heterocycles. The van der Waals surface area contributed by atoms with E-state index in [9.17, 15) is 19.2 Å². The molecule has 10 heteroatoms. The minimum absolute atomic E-state index is 0.137. The lowest BCUT2D eigenvalue weighted by atomic mass is 9.61. The van der Waals surface area contributed by atoms with E-state index < -0.39 is 6.04 Å². The van der Waals surface area contributed by atoms with Crippen LogP contribution in [0.4, 0.5) is 10.5 Å². The summed E-state index contributed by atoms with van der Waals surface area (Å²) < 4.78 is 11.3. The van der Waals surface area contributed by atoms with Crippen LogP contribution in [0.15, 0.2) is 18.2 Å². The highest BCUT2D eigenvalue weighted by Gasteiger charge is 2.48. The molecule has 1 unspecified atom stereocenters. The summed E-state index contributed by atoms with van der Waals surface area (Å²) in [5.74, 6) is -0.793. The van der Waals surface area contributed by atoms with Gasteiger partial charge in [0.05, 0.1) is 19.3 Å². The molecule has 1 saturated carbocycles. The monoisotopic (exact) mass is 524 g/mol. The number of methoxy groups -OCH3 is 1. The molecule has 3 saturated heterocycles. The van der Waals surface area contributed by atoms with Gasteiger partial charge >= 0.3 is 6.09 Å². The molecule has 4 amide bonds. The highest BCUT2D eigenvalue weighted by atomic mass is 16.5. The van der Waals surface area contributed by atoms with Gasteiger partial charge < -0.3 is 24.2 Å². The average molecular weight is 525 g/mol. The van der Waals surface area contributed by atoms with Crippen molar-refractivity contribution >= 4 is 29.5 Å². The van der Waals surface area contributed by atoms with Crippen LogP contribution in [0.1, 0.15) is 67.3 Å². The largest absolute Gasteiger partial charge is 0.453 e. The van der Waals surface area contributed by atoms with Crippen LogP contribution in [0, 0.1) is 5.41 Å². The number of rotatable bonds is 4. The number of hydrogen-bond acceptors (Lipinski definition) is 7. The second-order valence-corrected chi connectivity index (χ2v) is 11.6. The Morgan fingerprint density at radius 1 is 1.00 bits per heavy atom. The van der Waals surface area contributed by atoms with E-state index in [-0.39, 0.29) is 36.3 Å². The maximum absolute atomic E-state index is 13.0. The molecule has 0 aromatic heterocycles. The van der Waals surface area contributed by atoms with Gasteiger partial charge in [0.15, 0.2) is 0 Å². The molecule has 5 aliphatic rings. The Morgan fingerprint density at radius 2 is 1.74 bits per heavy atom. The van der Waals surface area contributed by atoms with Crippen molar-refractivity contribution in [2.24, 2.45) is 5.41 Å². The van der Waals surface area contributed by atoms with Crippen LogP contribution in [0.2, 0.25) is 0 Å². The molecular weight excluding hydrogens is 488 g/mol. The third kappa shape index (κ3) is 4.63. The second-order valence-electron chi connectivity index (χ2n) is 11.6. The molecule has 38 heavy (non-hydrogen) atoms. The summed E-state index contributed by atoms with van der Waals surface area (Å²) in [6.45, 7) is 3.75. The van der Waals surface area contributed by atoms with E-state index in [4.69, 9.17) is 9.47 Å². The van der Waals surface area contributed by atoms with Gasteiger partial charge in [-0.25, -0.2) is 4.79 Å². The molecule has 10 nitrogen and oxygen atoms in total. The number of carbonyl (C=O) groups excluding carboxylic acids is 4. The number of amides is 4. The quantitative estimate of drug-likeness (QED) is 0.603. The average Bonchev–Trinajstić information content (AvgIpc) is 3.23. The van der Waals surface area contributed by atoms with Gasteiger partial charge in [-0.3, -0.25) is 19.7 Å². The van der Waals surface area contributed by atoms with Crippen LogP contribution in [0.25, 0.3) is 0 Å². The van der Waals surface area contributed by atoms with E-state index in [1.807, 2.05) is 12.1 Å². The molecular formula is C28H36N4O6. The van der Waals surface area contributed by atoms with E-state index in [0.29, 0.717) is 30.0 Å². The number of anilines is 1. The Labute approximate surface area is 222 Å². The van der Waals surface area contributed by atoms with Crippen LogP contribution < -0.4 is 10.2 Å². The zero-order valence-corrected chi connectivity index (χ0v) is 21.9. The number of hydrogen-bond donors (Lipinski definition) is 1. The Kier molecular flexibility index (Phi) is 6.53. The number of imide groups is 1. The number of nitrogens with one attached hydrogen (secondary N) is 1. The maximum atomic E-state index is 13.0. The lowest BCUT2D eigenvalue weighted by molar-refractivity contribution is -0.137. The topological polar surface area (TPSA) is 108 Å². The first-order valence-electron chi connectivity index (χ1n) is 13.8. The first kappa shape index (κ1) is 25.2. The van der Waals surface area contributed by atoms with E-state index in [1.54, 1.807) is 9.80 Å². The smallest absolute Gasteiger partial charge is 0.409 e. The standard InChI is InChI=1S/C28H36N4O6/c1-37-27(36)31-12-8-28(9-13-31)15-21(16-28)38-20-6-10-30(11-7-20)19-2-3-22-18(14-19)17-32(26(22)35)23-4-5-24(33)29-25(23)34/h2-3,14,20-21,23H,4-13,15-17H2,1H3,(H,29,33,34). The molecule has 6 rings (SSSR count). The van der Waals surface area contributed by atoms with Crippen molar-refractivity contribution in [2.75, 3.05) is 38.2 Å². The van der Waals surface area contributed by atoms with Crippen LogP contribution in [-0.4, -0.2) is 85.2 Å². The zero-order valence-electron chi connectivity index (χ0n) is 21.9. The van der Waals surface area contributed by atoms with Gasteiger partial charge in [-0.1, -0.05) is 0 Å². The number of piperidine rings is 3. The first-order chi connectivity index (χ1) is 18.3. The maximum Gasteiger partial charge on any atom is 0.409 e. The van der Waals surface area contributed by atoms with Crippen molar-refractivity contribution in [3.63, 3.8) is 0 Å². The van der Waals surface area contributed by atoms with E-state index in [1.165, 1.54) is 7.11 Å². The third-order valence-corrected chi connectivity index (χ3v) is 9.28. The van der Waals surface area contributed by atoms with Crippen molar-refractivity contribution in [1.82, 2.24) is 15.1 Å². The van der Waals surface area contributed by atoms with Crippen LogP contribution in [0.3, 0.4) is 0 Å². The van der Waals surface area contributed by atoms with Gasteiger partial charge in [0.25, 0.3) is 5.91 Å². The molecule has 1 atom stereocenters. The first-order valence-corrected chi connectivity index (χ1v) is 13.8. The molecule has 4 fully saturated rings. The lowest BCUT2D eigenvalue weighted by Crippen LogP contribution is -2.52. The number of likely N-dealkylation sites (tertiary alicyclic amines) is 1. The number of ether oxygens (including phenoxy) is 2. The van der Waals surface area contributed by atoms with Gasteiger partial charge in [0, 0.05) is 50.4 Å². The Hall–Kier alpha value is -3.14. The van der Waals surface area contributed by atoms with Gasteiger partial charge in [-0.05, 0) is 74.1 Å². The molecule has 1 N–H and O–H groups in total. The number of carbonyl (C=O) groups is 4. The Bertz CT molecular complexity index is 1130. The molecule has 204 valence electrons. The fourth-order valence-corrected chi connectivity index (χ4v) is 6.98. The Morgan fingerprint density at radius 3 is 2.42 bits per heavy atom. The summed E-state index contributed by atoms with van der Waals surface area (Å²) in [5.41, 5.74) is 3.01. The van der Waals surface area contributed by atoms with Crippen molar-refractivity contribution < 1.29 is 28.7 Å². The van der Waals surface area contributed by atoms with Crippen molar-refractivity contribution in [1.29, 1.82) is 0 Å². The molecule has 0 radical (unpaired) electrons. The SMILES string of the molecule is COC(=O)N1CCC2(CC1)CC(OC1CCN(c3ccc4c(c3)CN(C3CCC(=O)NC3=O)C4=O)CC1)C2. The number of benzene rings is 1. The molecule has 0 bridgehead atoms. The van der Waals surface area contributed by atoms with Crippen LogP contribution >= 0.6 is 0 Å². The van der Waals surface area contributed by atoms with Crippen molar-refractivity contribution in [3.05, 3.63) is 29.3 Å². The normalized spacial score (nSPS) is 25.9. The third-order valence-electron chi connectivity index (χ3n) is 9.28. The molecule has 1 spiro atoms. The molecule has 4 heterocycles. The summed E-state index contributed by atoms with van der Waals surface area (Å²) >= 11 is 0. The summed E-state index contributed by atoms with van der Waals surface area (Å²) in [7, 11) is 1.44. The second kappa shape index (κ2) is 9.87. The minimum Gasteiger partial charge on any atom is -0.453 e. The van der Waals surface area contributed by atoms with Gasteiger partial charge in [0.1, 0.15) is 6.04 Å². The summed E-state index contributed by atoms with van der Waals surface area (Å²) in [6.07, 6.45) is 7.17. The fraction of sp³-hybridized carbons (Fsp3) is 0.643. The highest BCUT2D eigenvalue weighted by Crippen LogP contribution is 2.51. The summed E-state index contributed by atoms with van der Waals surface area (Å²) in [5, 5.41) is 2.36. The molecule has 1 aromatic carbocycles. The van der Waals surface area contributed by atoms with Crippen molar-refractivity contribution in [2.45, 2.75) is 76.2 Å². The van der Waals surface area contributed by atoms with Gasteiger partial charge in [-0.15, -0.1) is 0 Å². The summed E-state index contributed by atoms with van der Waals surface area (Å²) in [6, 6.07) is 5.37. The van der Waals surface area contributed by atoms with Crippen molar-refractivity contribution in [3.8, 4) is 0 Å². The number of nitrogens with zero attached hydrogens (tertiary/aromatic N) is 3. The fourth-order valence-electron chi connectivity index (χ4n) is 6.98. The lowest BCUT2D eigenvalue weighted by Gasteiger charge is -2.52. The van der Waals surface area contributed by atoms with E-state index in [2.05, 4.69) is 16.3 Å².